The van der Waals surface area contributed by atoms with Gasteiger partial charge in [0.1, 0.15) is 5.82 Å². The Morgan fingerprint density at radius 3 is 2.81 bits per heavy atom. The molecule has 1 aliphatic rings. The predicted molar refractivity (Wildman–Crippen MR) is 80.5 cm³/mol. The molecule has 0 radical (unpaired) electrons. The molecule has 1 aliphatic heterocycles. The van der Waals surface area contributed by atoms with Crippen LogP contribution >= 0.6 is 0 Å². The number of anilines is 1. The summed E-state index contributed by atoms with van der Waals surface area (Å²) in [4.78, 5) is 12.9. The fraction of sp³-hybridized carbons (Fsp3) is 0.375. The first-order valence-electron chi connectivity index (χ1n) is 7.24. The molecule has 5 heteroatoms. The number of halogens is 1. The Bertz CT molecular complexity index is 590. The molecule has 2 aromatic rings. The first-order valence-corrected chi connectivity index (χ1v) is 7.24. The van der Waals surface area contributed by atoms with Gasteiger partial charge in [-0.25, -0.2) is 4.98 Å². The summed E-state index contributed by atoms with van der Waals surface area (Å²) in [6.45, 7) is 5.71. The molecule has 1 atom stereocenters. The summed E-state index contributed by atoms with van der Waals surface area (Å²) < 4.78 is 13.3. The van der Waals surface area contributed by atoms with Gasteiger partial charge in [0, 0.05) is 38.4 Å². The van der Waals surface area contributed by atoms with Crippen molar-refractivity contribution in [3.8, 4) is 0 Å². The van der Waals surface area contributed by atoms with E-state index in [9.17, 15) is 4.39 Å². The molecule has 1 fully saturated rings. The number of piperazine rings is 1. The van der Waals surface area contributed by atoms with Gasteiger partial charge in [-0.2, -0.15) is 4.39 Å². The van der Waals surface area contributed by atoms with Crippen LogP contribution in [0.5, 0.6) is 0 Å². The van der Waals surface area contributed by atoms with E-state index < -0.39 is 5.95 Å². The Kier molecular flexibility index (Phi) is 4.10. The molecule has 21 heavy (non-hydrogen) atoms. The maximum Gasteiger partial charge on any atom is 0.214 e. The Labute approximate surface area is 124 Å². The summed E-state index contributed by atoms with van der Waals surface area (Å²) in [5.74, 6) is 0.301. The van der Waals surface area contributed by atoms with E-state index in [0.717, 1.165) is 37.7 Å². The number of rotatable bonds is 3. The molecule has 3 heterocycles. The van der Waals surface area contributed by atoms with Crippen molar-refractivity contribution in [3.63, 3.8) is 0 Å². The highest BCUT2D eigenvalue weighted by Gasteiger charge is 2.24. The molecule has 0 aliphatic carbocycles. The lowest BCUT2D eigenvalue weighted by Crippen LogP contribution is -2.52. The summed E-state index contributed by atoms with van der Waals surface area (Å²) in [6.07, 6.45) is 1.83. The zero-order chi connectivity index (χ0) is 14.7. The number of nitrogens with zero attached hydrogens (tertiary/aromatic N) is 4. The van der Waals surface area contributed by atoms with Crippen molar-refractivity contribution in [2.75, 3.05) is 24.5 Å². The lowest BCUT2D eigenvalue weighted by atomic mass is 10.1. The molecule has 0 saturated carbocycles. The normalized spacial score (nSPS) is 19.7. The van der Waals surface area contributed by atoms with E-state index in [1.165, 1.54) is 6.07 Å². The van der Waals surface area contributed by atoms with E-state index in [-0.39, 0.29) is 0 Å². The van der Waals surface area contributed by atoms with E-state index in [1.807, 2.05) is 30.5 Å². The van der Waals surface area contributed by atoms with Gasteiger partial charge in [0.2, 0.25) is 5.95 Å². The number of pyridine rings is 2. The van der Waals surface area contributed by atoms with Crippen LogP contribution in [0, 0.1) is 5.95 Å². The second kappa shape index (κ2) is 6.18. The SMILES string of the molecule is CC1CN(Cc2ccccn2)CCN1c1cccc(F)n1. The zero-order valence-corrected chi connectivity index (χ0v) is 12.1. The number of hydrogen-bond acceptors (Lipinski definition) is 4. The molecular formula is C16H19FN4. The Hall–Kier alpha value is -2.01. The van der Waals surface area contributed by atoms with Gasteiger partial charge in [-0.15, -0.1) is 0 Å². The Morgan fingerprint density at radius 2 is 2.10 bits per heavy atom. The molecule has 1 unspecified atom stereocenters. The third kappa shape index (κ3) is 3.36. The molecule has 1 saturated heterocycles. The van der Waals surface area contributed by atoms with Crippen LogP contribution in [0.25, 0.3) is 0 Å². The van der Waals surface area contributed by atoms with Gasteiger partial charge in [-0.3, -0.25) is 9.88 Å². The van der Waals surface area contributed by atoms with Gasteiger partial charge < -0.3 is 4.90 Å². The molecule has 0 bridgehead atoms. The van der Waals surface area contributed by atoms with Crippen molar-refractivity contribution in [1.29, 1.82) is 0 Å². The second-order valence-corrected chi connectivity index (χ2v) is 5.42. The first kappa shape index (κ1) is 13.9. The monoisotopic (exact) mass is 286 g/mol. The van der Waals surface area contributed by atoms with Crippen LogP contribution in [0.1, 0.15) is 12.6 Å². The smallest absolute Gasteiger partial charge is 0.214 e. The number of hydrogen-bond donors (Lipinski definition) is 0. The van der Waals surface area contributed by atoms with Gasteiger partial charge in [0.15, 0.2) is 0 Å². The minimum atomic E-state index is -0.421. The predicted octanol–water partition coefficient (Wildman–Crippen LogP) is 2.33. The van der Waals surface area contributed by atoms with Crippen molar-refractivity contribution in [1.82, 2.24) is 14.9 Å². The van der Waals surface area contributed by atoms with E-state index in [0.29, 0.717) is 6.04 Å². The number of aromatic nitrogens is 2. The van der Waals surface area contributed by atoms with Crippen LogP contribution in [0.15, 0.2) is 42.6 Å². The Balaban J connectivity index is 1.64. The van der Waals surface area contributed by atoms with Gasteiger partial charge in [-0.05, 0) is 31.2 Å². The van der Waals surface area contributed by atoms with Crippen molar-refractivity contribution >= 4 is 5.82 Å². The lowest BCUT2D eigenvalue weighted by Gasteiger charge is -2.40. The molecule has 3 rings (SSSR count). The summed E-state index contributed by atoms with van der Waals surface area (Å²) in [7, 11) is 0. The summed E-state index contributed by atoms with van der Waals surface area (Å²) >= 11 is 0. The summed E-state index contributed by atoms with van der Waals surface area (Å²) in [6, 6.07) is 11.3. The summed E-state index contributed by atoms with van der Waals surface area (Å²) in [5.41, 5.74) is 1.09. The highest BCUT2D eigenvalue weighted by molar-refractivity contribution is 5.40. The highest BCUT2D eigenvalue weighted by atomic mass is 19.1. The molecule has 0 aromatic carbocycles. The van der Waals surface area contributed by atoms with Crippen molar-refractivity contribution in [3.05, 3.63) is 54.2 Å². The molecular weight excluding hydrogens is 267 g/mol. The van der Waals surface area contributed by atoms with Gasteiger partial charge in [-0.1, -0.05) is 12.1 Å². The van der Waals surface area contributed by atoms with Gasteiger partial charge >= 0.3 is 0 Å². The van der Waals surface area contributed by atoms with Crippen LogP contribution < -0.4 is 4.90 Å². The molecule has 0 N–H and O–H groups in total. The standard InChI is InChI=1S/C16H19FN4/c1-13-11-20(12-14-5-2-3-8-18-14)9-10-21(13)16-7-4-6-15(17)19-16/h2-8,13H,9-12H2,1H3. The Morgan fingerprint density at radius 1 is 1.19 bits per heavy atom. The van der Waals surface area contributed by atoms with Gasteiger partial charge in [0.25, 0.3) is 0 Å². The van der Waals surface area contributed by atoms with Crippen LogP contribution in [0.3, 0.4) is 0 Å². The average Bonchev–Trinajstić information content (AvgIpc) is 2.48. The van der Waals surface area contributed by atoms with Crippen molar-refractivity contribution < 1.29 is 4.39 Å². The largest absolute Gasteiger partial charge is 0.351 e. The maximum atomic E-state index is 13.3. The maximum absolute atomic E-state index is 13.3. The topological polar surface area (TPSA) is 32.3 Å². The fourth-order valence-electron chi connectivity index (χ4n) is 2.80. The average molecular weight is 286 g/mol. The summed E-state index contributed by atoms with van der Waals surface area (Å²) in [5, 5.41) is 0. The van der Waals surface area contributed by atoms with Crippen LogP contribution in [-0.4, -0.2) is 40.5 Å². The van der Waals surface area contributed by atoms with Crippen molar-refractivity contribution in [2.45, 2.75) is 19.5 Å². The van der Waals surface area contributed by atoms with E-state index in [1.54, 1.807) is 6.07 Å². The lowest BCUT2D eigenvalue weighted by molar-refractivity contribution is 0.218. The zero-order valence-electron chi connectivity index (χ0n) is 12.1. The third-order valence-corrected chi connectivity index (χ3v) is 3.82. The molecule has 0 amide bonds. The first-order chi connectivity index (χ1) is 10.2. The fourth-order valence-corrected chi connectivity index (χ4v) is 2.80. The molecule has 4 nitrogen and oxygen atoms in total. The molecule has 0 spiro atoms. The second-order valence-electron chi connectivity index (χ2n) is 5.42. The molecule has 110 valence electrons. The van der Waals surface area contributed by atoms with Crippen LogP contribution in [-0.2, 0) is 6.54 Å². The van der Waals surface area contributed by atoms with Crippen molar-refractivity contribution in [2.24, 2.45) is 0 Å². The van der Waals surface area contributed by atoms with E-state index in [2.05, 4.69) is 26.7 Å². The van der Waals surface area contributed by atoms with E-state index in [4.69, 9.17) is 0 Å². The van der Waals surface area contributed by atoms with E-state index >= 15 is 0 Å². The minimum absolute atomic E-state index is 0.303. The minimum Gasteiger partial charge on any atom is -0.351 e. The highest BCUT2D eigenvalue weighted by Crippen LogP contribution is 2.19. The quantitative estimate of drug-likeness (QED) is 0.811. The third-order valence-electron chi connectivity index (χ3n) is 3.82. The van der Waals surface area contributed by atoms with Crippen LogP contribution in [0.4, 0.5) is 10.2 Å². The van der Waals surface area contributed by atoms with Crippen LogP contribution in [0.2, 0.25) is 0 Å². The van der Waals surface area contributed by atoms with Gasteiger partial charge in [0.05, 0.1) is 5.69 Å². The molecule has 2 aromatic heterocycles.